The Morgan fingerprint density at radius 2 is 2.05 bits per heavy atom. The summed E-state index contributed by atoms with van der Waals surface area (Å²) in [5, 5.41) is 2.61. The maximum Gasteiger partial charge on any atom is 0.410 e. The molecule has 1 amide bonds. The monoisotopic (exact) mass is 269 g/mol. The summed E-state index contributed by atoms with van der Waals surface area (Å²) in [6.07, 6.45) is -3.10. The fourth-order valence-electron chi connectivity index (χ4n) is 1.90. The molecule has 1 aromatic rings. The lowest BCUT2D eigenvalue weighted by Gasteiger charge is -2.28. The fourth-order valence-corrected chi connectivity index (χ4v) is 1.90. The van der Waals surface area contributed by atoms with Crippen LogP contribution in [-0.4, -0.2) is 27.6 Å². The molecule has 0 fully saturated rings. The number of amides is 1. The number of pyridine rings is 1. The van der Waals surface area contributed by atoms with Gasteiger partial charge in [-0.2, -0.15) is 13.2 Å². The summed E-state index contributed by atoms with van der Waals surface area (Å²) in [5.41, 5.74) is 0.190. The number of carbonyl (C=O) groups is 1. The zero-order valence-corrected chi connectivity index (χ0v) is 10.1. The number of halogens is 3. The van der Waals surface area contributed by atoms with E-state index in [-0.39, 0.29) is 5.56 Å². The Labute approximate surface area is 106 Å². The second kappa shape index (κ2) is 3.28. The highest BCUT2D eigenvalue weighted by atomic mass is 19.4. The second-order valence-corrected chi connectivity index (χ2v) is 5.06. The Kier molecular flexibility index (Phi) is 2.08. The molecule has 1 aliphatic heterocycles. The van der Waals surface area contributed by atoms with Crippen LogP contribution in [0.25, 0.3) is 22.3 Å². The zero-order chi connectivity index (χ0) is 14.0. The predicted octanol–water partition coefficient (Wildman–Crippen LogP) is 2.61. The Bertz CT molecular complexity index is 700. The molecule has 1 aliphatic carbocycles. The second-order valence-electron chi connectivity index (χ2n) is 5.06. The van der Waals surface area contributed by atoms with Crippen molar-refractivity contribution in [3.05, 3.63) is 17.8 Å². The van der Waals surface area contributed by atoms with E-state index in [4.69, 9.17) is 0 Å². The first-order valence-electron chi connectivity index (χ1n) is 5.62. The van der Waals surface area contributed by atoms with E-state index in [0.29, 0.717) is 10.9 Å². The number of nitrogens with one attached hydrogen (secondary N) is 2. The Morgan fingerprint density at radius 1 is 1.37 bits per heavy atom. The standard InChI is InChI=1S/C12H10F3N3O/c1-11(2,12(13,14)15)18-10(19)6-4-16-8-5(6)3-7-9(8)17-7/h3-4,16H,1-2H3,(H,18,19). The van der Waals surface area contributed by atoms with Crippen LogP contribution in [0.15, 0.2) is 12.3 Å². The third kappa shape index (κ3) is 1.68. The highest BCUT2D eigenvalue weighted by molar-refractivity contribution is 6.13. The first-order chi connectivity index (χ1) is 8.71. The van der Waals surface area contributed by atoms with Crippen LogP contribution < -0.4 is 5.32 Å². The van der Waals surface area contributed by atoms with E-state index < -0.39 is 17.6 Å². The maximum absolute atomic E-state index is 12.7. The molecule has 19 heavy (non-hydrogen) atoms. The van der Waals surface area contributed by atoms with Crippen LogP contribution in [0.1, 0.15) is 24.2 Å². The Morgan fingerprint density at radius 3 is 2.68 bits per heavy atom. The number of H-pyrrole nitrogens is 1. The van der Waals surface area contributed by atoms with Crippen molar-refractivity contribution < 1.29 is 18.0 Å². The number of hydrogen-bond donors (Lipinski definition) is 2. The minimum absolute atomic E-state index is 0.203. The van der Waals surface area contributed by atoms with Crippen molar-refractivity contribution >= 4 is 16.8 Å². The minimum Gasteiger partial charge on any atom is -0.359 e. The molecule has 100 valence electrons. The van der Waals surface area contributed by atoms with E-state index in [1.165, 1.54) is 6.20 Å². The van der Waals surface area contributed by atoms with E-state index in [9.17, 15) is 18.0 Å². The maximum atomic E-state index is 12.7. The minimum atomic E-state index is -4.51. The van der Waals surface area contributed by atoms with Crippen LogP contribution in [-0.2, 0) is 0 Å². The summed E-state index contributed by atoms with van der Waals surface area (Å²) in [4.78, 5) is 18.8. The smallest absolute Gasteiger partial charge is 0.359 e. The van der Waals surface area contributed by atoms with Gasteiger partial charge in [-0.3, -0.25) is 4.79 Å². The van der Waals surface area contributed by atoms with Crippen LogP contribution in [0.2, 0.25) is 0 Å². The molecule has 0 bridgehead atoms. The van der Waals surface area contributed by atoms with Gasteiger partial charge in [0.25, 0.3) is 5.91 Å². The van der Waals surface area contributed by atoms with Crippen molar-refractivity contribution in [1.29, 1.82) is 0 Å². The molecule has 3 rings (SSSR count). The normalized spacial score (nSPS) is 13.7. The fraction of sp³-hybridized carbons (Fsp3) is 0.333. The SMILES string of the molecule is CC(C)(NC(=O)c1c[nH]c2c3nc-3cc12)C(F)(F)F. The molecule has 2 N–H and O–H groups in total. The summed E-state index contributed by atoms with van der Waals surface area (Å²) >= 11 is 0. The van der Waals surface area contributed by atoms with Gasteiger partial charge in [-0.05, 0) is 19.9 Å². The highest BCUT2D eigenvalue weighted by Crippen LogP contribution is 2.39. The van der Waals surface area contributed by atoms with Gasteiger partial charge in [0.15, 0.2) is 0 Å². The lowest BCUT2D eigenvalue weighted by molar-refractivity contribution is -0.182. The van der Waals surface area contributed by atoms with Crippen molar-refractivity contribution in [2.45, 2.75) is 25.6 Å². The predicted molar refractivity (Wildman–Crippen MR) is 62.7 cm³/mol. The molecule has 0 saturated heterocycles. The molecule has 0 unspecified atom stereocenters. The quantitative estimate of drug-likeness (QED) is 0.751. The van der Waals surface area contributed by atoms with Crippen molar-refractivity contribution in [2.75, 3.05) is 0 Å². The molecule has 0 spiro atoms. The third-order valence-corrected chi connectivity index (χ3v) is 3.24. The van der Waals surface area contributed by atoms with Crippen LogP contribution in [0.5, 0.6) is 0 Å². The van der Waals surface area contributed by atoms with E-state index in [2.05, 4.69) is 9.97 Å². The first kappa shape index (κ1) is 12.0. The van der Waals surface area contributed by atoms with E-state index in [0.717, 1.165) is 25.2 Å². The average molecular weight is 269 g/mol. The zero-order valence-electron chi connectivity index (χ0n) is 10.1. The number of aromatic amines is 1. The van der Waals surface area contributed by atoms with Gasteiger partial charge in [0, 0.05) is 11.6 Å². The van der Waals surface area contributed by atoms with Gasteiger partial charge in [0.05, 0.1) is 16.8 Å². The van der Waals surface area contributed by atoms with Crippen molar-refractivity contribution in [3.63, 3.8) is 0 Å². The van der Waals surface area contributed by atoms with Crippen LogP contribution in [0.3, 0.4) is 0 Å². The number of alkyl halides is 3. The molecule has 2 heterocycles. The topological polar surface area (TPSA) is 57.8 Å². The van der Waals surface area contributed by atoms with Gasteiger partial charge >= 0.3 is 6.18 Å². The molecule has 0 radical (unpaired) electrons. The number of carbonyl (C=O) groups excluding carboxylic acids is 1. The lowest BCUT2D eigenvalue weighted by Crippen LogP contribution is -2.54. The first-order valence-corrected chi connectivity index (χ1v) is 5.62. The number of fused-ring (bicyclic) bond motifs is 3. The van der Waals surface area contributed by atoms with Gasteiger partial charge in [0.1, 0.15) is 11.2 Å². The van der Waals surface area contributed by atoms with Gasteiger partial charge in [-0.15, -0.1) is 0 Å². The van der Waals surface area contributed by atoms with Gasteiger partial charge in [0.2, 0.25) is 0 Å². The summed E-state index contributed by atoms with van der Waals surface area (Å²) in [7, 11) is 0. The molecular formula is C12H10F3N3O. The van der Waals surface area contributed by atoms with Crippen molar-refractivity contribution in [1.82, 2.24) is 15.3 Å². The lowest BCUT2D eigenvalue weighted by atomic mass is 10.0. The molecule has 0 atom stereocenters. The van der Waals surface area contributed by atoms with Gasteiger partial charge in [-0.25, -0.2) is 4.98 Å². The average Bonchev–Trinajstić information content (AvgIpc) is 2.75. The summed E-state index contributed by atoms with van der Waals surface area (Å²) in [6.45, 7) is 1.86. The molecule has 0 saturated carbocycles. The summed E-state index contributed by atoms with van der Waals surface area (Å²) < 4.78 is 38.2. The van der Waals surface area contributed by atoms with E-state index in [1.54, 1.807) is 6.07 Å². The van der Waals surface area contributed by atoms with Crippen molar-refractivity contribution in [2.24, 2.45) is 0 Å². The number of hydrogen-bond acceptors (Lipinski definition) is 2. The van der Waals surface area contributed by atoms with Crippen LogP contribution >= 0.6 is 0 Å². The molecule has 2 aliphatic rings. The number of rotatable bonds is 2. The van der Waals surface area contributed by atoms with E-state index >= 15 is 0 Å². The summed E-state index contributed by atoms with van der Waals surface area (Å²) in [5.74, 6) is -0.751. The van der Waals surface area contributed by atoms with Gasteiger partial charge in [-0.1, -0.05) is 0 Å². The molecule has 4 nitrogen and oxygen atoms in total. The molecular weight excluding hydrogens is 259 g/mol. The van der Waals surface area contributed by atoms with E-state index in [1.807, 2.05) is 5.32 Å². The highest BCUT2D eigenvalue weighted by Gasteiger charge is 2.48. The van der Waals surface area contributed by atoms with Gasteiger partial charge < -0.3 is 10.3 Å². The molecule has 7 heteroatoms. The largest absolute Gasteiger partial charge is 0.410 e. The number of aromatic nitrogens is 2. The molecule has 0 aromatic carbocycles. The Balaban J connectivity index is 1.90. The van der Waals surface area contributed by atoms with Crippen LogP contribution in [0.4, 0.5) is 13.2 Å². The number of nitrogens with zero attached hydrogens (tertiary/aromatic N) is 1. The van der Waals surface area contributed by atoms with Crippen LogP contribution in [0, 0.1) is 0 Å². The van der Waals surface area contributed by atoms with Crippen molar-refractivity contribution in [3.8, 4) is 11.4 Å². The molecule has 1 aromatic heterocycles. The third-order valence-electron chi connectivity index (χ3n) is 3.24. The summed E-state index contributed by atoms with van der Waals surface area (Å²) in [6, 6.07) is 1.69. The Hall–Kier alpha value is -2.05.